The molecule has 0 radical (unpaired) electrons. The zero-order valence-electron chi connectivity index (χ0n) is 9.29. The van der Waals surface area contributed by atoms with E-state index in [1.54, 1.807) is 22.7 Å². The molecule has 18 heavy (non-hydrogen) atoms. The van der Waals surface area contributed by atoms with E-state index in [-0.39, 0.29) is 5.56 Å². The van der Waals surface area contributed by atoms with Gasteiger partial charge in [0.1, 0.15) is 0 Å². The summed E-state index contributed by atoms with van der Waals surface area (Å²) in [5.41, 5.74) is 2.00. The van der Waals surface area contributed by atoms with E-state index < -0.39 is 0 Å². The minimum Gasteiger partial charge on any atom is -0.324 e. The van der Waals surface area contributed by atoms with E-state index in [2.05, 4.69) is 15.0 Å². The quantitative estimate of drug-likeness (QED) is 0.505. The highest BCUT2D eigenvalue weighted by atomic mass is 16.1. The number of benzene rings is 1. The van der Waals surface area contributed by atoms with Crippen molar-refractivity contribution in [2.45, 2.75) is 0 Å². The Bertz CT molecular complexity index is 951. The second-order valence-corrected chi connectivity index (χ2v) is 4.09. The Labute approximate surface area is 101 Å². The summed E-state index contributed by atoms with van der Waals surface area (Å²) in [6, 6.07) is 11.0. The van der Waals surface area contributed by atoms with Crippen LogP contribution in [0.5, 0.6) is 0 Å². The van der Waals surface area contributed by atoms with Crippen LogP contribution in [-0.4, -0.2) is 19.4 Å². The molecule has 0 aliphatic heterocycles. The van der Waals surface area contributed by atoms with Crippen LogP contribution >= 0.6 is 0 Å². The van der Waals surface area contributed by atoms with Crippen LogP contribution in [0.25, 0.3) is 27.8 Å². The van der Waals surface area contributed by atoms with Crippen LogP contribution in [0.4, 0.5) is 0 Å². The SMILES string of the molecule is O=c1c2ccccc2[nH]c2nc3ncccc3n12. The van der Waals surface area contributed by atoms with E-state index in [1.807, 2.05) is 24.3 Å². The Morgan fingerprint density at radius 1 is 1.11 bits per heavy atom. The smallest absolute Gasteiger partial charge is 0.267 e. The van der Waals surface area contributed by atoms with Crippen molar-refractivity contribution in [1.82, 2.24) is 19.4 Å². The van der Waals surface area contributed by atoms with Gasteiger partial charge in [-0.05, 0) is 24.3 Å². The van der Waals surface area contributed by atoms with Crippen LogP contribution in [-0.2, 0) is 0 Å². The first-order valence-electron chi connectivity index (χ1n) is 5.59. The Morgan fingerprint density at radius 2 is 2.00 bits per heavy atom. The highest BCUT2D eigenvalue weighted by Gasteiger charge is 2.10. The average Bonchev–Trinajstić information content (AvgIpc) is 2.77. The third kappa shape index (κ3) is 1.08. The molecular formula is C13H8N4O. The molecule has 3 aromatic heterocycles. The minimum atomic E-state index is -0.0742. The number of nitrogens with one attached hydrogen (secondary N) is 1. The third-order valence-corrected chi connectivity index (χ3v) is 3.04. The molecule has 0 aliphatic rings. The number of hydrogen-bond donors (Lipinski definition) is 1. The van der Waals surface area contributed by atoms with Crippen molar-refractivity contribution in [3.05, 3.63) is 52.9 Å². The normalized spacial score (nSPS) is 11.6. The number of pyridine rings is 1. The largest absolute Gasteiger partial charge is 0.324 e. The molecular weight excluding hydrogens is 228 g/mol. The minimum absolute atomic E-state index is 0.0742. The molecule has 4 rings (SSSR count). The van der Waals surface area contributed by atoms with Crippen LogP contribution in [0, 0.1) is 0 Å². The van der Waals surface area contributed by atoms with Crippen molar-refractivity contribution in [2.75, 3.05) is 0 Å². The van der Waals surface area contributed by atoms with Gasteiger partial charge in [0, 0.05) is 6.20 Å². The predicted octanol–water partition coefficient (Wildman–Crippen LogP) is 1.72. The molecule has 5 heteroatoms. The van der Waals surface area contributed by atoms with Gasteiger partial charge in [0.2, 0.25) is 5.78 Å². The lowest BCUT2D eigenvalue weighted by atomic mass is 10.2. The average molecular weight is 236 g/mol. The molecule has 0 saturated heterocycles. The van der Waals surface area contributed by atoms with Gasteiger partial charge in [0.05, 0.1) is 16.4 Å². The zero-order chi connectivity index (χ0) is 12.1. The molecule has 0 saturated carbocycles. The molecule has 3 heterocycles. The molecule has 0 spiro atoms. The number of nitrogens with zero attached hydrogens (tertiary/aromatic N) is 3. The first-order chi connectivity index (χ1) is 8.84. The van der Waals surface area contributed by atoms with Gasteiger partial charge < -0.3 is 4.98 Å². The summed E-state index contributed by atoms with van der Waals surface area (Å²) in [6.07, 6.45) is 1.67. The van der Waals surface area contributed by atoms with Crippen molar-refractivity contribution in [2.24, 2.45) is 0 Å². The highest BCUT2D eigenvalue weighted by molar-refractivity contribution is 5.83. The van der Waals surface area contributed by atoms with Gasteiger partial charge >= 0.3 is 0 Å². The molecule has 1 aromatic carbocycles. The Balaban J connectivity index is 2.39. The fourth-order valence-electron chi connectivity index (χ4n) is 2.22. The second kappa shape index (κ2) is 3.16. The Morgan fingerprint density at radius 3 is 2.94 bits per heavy atom. The summed E-state index contributed by atoms with van der Waals surface area (Å²) in [7, 11) is 0. The van der Waals surface area contributed by atoms with E-state index in [0.717, 1.165) is 11.0 Å². The van der Waals surface area contributed by atoms with Gasteiger partial charge in [-0.25, -0.2) is 9.38 Å². The summed E-state index contributed by atoms with van der Waals surface area (Å²) in [5, 5.41) is 0.646. The third-order valence-electron chi connectivity index (χ3n) is 3.04. The zero-order valence-corrected chi connectivity index (χ0v) is 9.29. The maximum absolute atomic E-state index is 12.4. The molecule has 4 aromatic rings. The highest BCUT2D eigenvalue weighted by Crippen LogP contribution is 2.13. The number of H-pyrrole nitrogens is 1. The molecule has 0 atom stereocenters. The predicted molar refractivity (Wildman–Crippen MR) is 68.6 cm³/mol. The van der Waals surface area contributed by atoms with Crippen LogP contribution < -0.4 is 5.56 Å². The summed E-state index contributed by atoms with van der Waals surface area (Å²) in [6.45, 7) is 0. The Hall–Kier alpha value is -2.69. The number of imidazole rings is 1. The van der Waals surface area contributed by atoms with Gasteiger partial charge in [-0.1, -0.05) is 12.1 Å². The monoisotopic (exact) mass is 236 g/mol. The maximum atomic E-state index is 12.4. The van der Waals surface area contributed by atoms with E-state index >= 15 is 0 Å². The van der Waals surface area contributed by atoms with Crippen molar-refractivity contribution in [3.8, 4) is 0 Å². The van der Waals surface area contributed by atoms with E-state index in [4.69, 9.17) is 0 Å². The molecule has 1 N–H and O–H groups in total. The lowest BCUT2D eigenvalue weighted by molar-refractivity contribution is 1.12. The Kier molecular flexibility index (Phi) is 1.64. The van der Waals surface area contributed by atoms with Crippen LogP contribution in [0.3, 0.4) is 0 Å². The summed E-state index contributed by atoms with van der Waals surface area (Å²) >= 11 is 0. The van der Waals surface area contributed by atoms with Gasteiger partial charge in [-0.3, -0.25) is 4.79 Å². The molecule has 5 nitrogen and oxygen atoms in total. The second-order valence-electron chi connectivity index (χ2n) is 4.09. The van der Waals surface area contributed by atoms with Crippen molar-refractivity contribution < 1.29 is 0 Å². The first kappa shape index (κ1) is 9.35. The van der Waals surface area contributed by atoms with Gasteiger partial charge in [0.25, 0.3) is 5.56 Å². The number of rotatable bonds is 0. The number of aromatic nitrogens is 4. The molecule has 0 unspecified atom stereocenters. The number of aromatic amines is 1. The van der Waals surface area contributed by atoms with Crippen LogP contribution in [0.1, 0.15) is 0 Å². The fraction of sp³-hybridized carbons (Fsp3) is 0. The number of hydrogen-bond acceptors (Lipinski definition) is 3. The number of fused-ring (bicyclic) bond motifs is 4. The van der Waals surface area contributed by atoms with E-state index in [0.29, 0.717) is 16.8 Å². The summed E-state index contributed by atoms with van der Waals surface area (Å²) < 4.78 is 1.56. The molecule has 86 valence electrons. The number of para-hydroxylation sites is 1. The van der Waals surface area contributed by atoms with E-state index in [1.165, 1.54) is 0 Å². The topological polar surface area (TPSA) is 63.0 Å². The van der Waals surface area contributed by atoms with Gasteiger partial charge in [-0.15, -0.1) is 0 Å². The van der Waals surface area contributed by atoms with Crippen LogP contribution in [0.2, 0.25) is 0 Å². The van der Waals surface area contributed by atoms with Crippen molar-refractivity contribution >= 4 is 27.8 Å². The maximum Gasteiger partial charge on any atom is 0.267 e. The van der Waals surface area contributed by atoms with Gasteiger partial charge in [-0.2, -0.15) is 4.98 Å². The van der Waals surface area contributed by atoms with Crippen molar-refractivity contribution in [3.63, 3.8) is 0 Å². The van der Waals surface area contributed by atoms with Crippen LogP contribution in [0.15, 0.2) is 47.4 Å². The molecule has 0 fully saturated rings. The summed E-state index contributed by atoms with van der Waals surface area (Å²) in [5.74, 6) is 0.521. The van der Waals surface area contributed by atoms with E-state index in [9.17, 15) is 4.79 Å². The molecule has 0 amide bonds. The summed E-state index contributed by atoms with van der Waals surface area (Å²) in [4.78, 5) is 24.1. The van der Waals surface area contributed by atoms with Crippen molar-refractivity contribution in [1.29, 1.82) is 0 Å². The lowest BCUT2D eigenvalue weighted by Gasteiger charge is -1.99. The standard InChI is InChI=1S/C13H8N4O/c18-12-8-4-1-2-5-9(8)15-13-16-11-10(17(12)13)6-3-7-14-11/h1-7H,(H,14,15,16). The fourth-order valence-corrected chi connectivity index (χ4v) is 2.22. The molecule has 0 aliphatic carbocycles. The molecule has 0 bridgehead atoms. The lowest BCUT2D eigenvalue weighted by Crippen LogP contribution is -2.13. The van der Waals surface area contributed by atoms with Gasteiger partial charge in [0.15, 0.2) is 5.65 Å². The first-order valence-corrected chi connectivity index (χ1v) is 5.59.